The number of unbranched alkanes of at least 4 members (excludes halogenated alkanes) is 36. The van der Waals surface area contributed by atoms with Gasteiger partial charge < -0.3 is 14.2 Å². The van der Waals surface area contributed by atoms with E-state index >= 15 is 0 Å². The van der Waals surface area contributed by atoms with Gasteiger partial charge in [-0.1, -0.05) is 245 Å². The van der Waals surface area contributed by atoms with Gasteiger partial charge in [0.15, 0.2) is 5.60 Å². The predicted octanol–water partition coefficient (Wildman–Crippen LogP) is 15.9. The third kappa shape index (κ3) is 25.1. The molecule has 324 valence electrons. The zero-order valence-corrected chi connectivity index (χ0v) is 37.1. The fourth-order valence-corrected chi connectivity index (χ4v) is 9.17. The van der Waals surface area contributed by atoms with Crippen LogP contribution < -0.4 is 0 Å². The summed E-state index contributed by atoms with van der Waals surface area (Å²) in [6, 6.07) is 0. The van der Waals surface area contributed by atoms with E-state index in [1.165, 1.54) is 218 Å². The fourth-order valence-electron chi connectivity index (χ4n) is 9.17. The minimum absolute atomic E-state index is 0.0186. The van der Waals surface area contributed by atoms with Gasteiger partial charge in [-0.05, 0) is 32.1 Å². The van der Waals surface area contributed by atoms with E-state index < -0.39 is 11.5 Å². The van der Waals surface area contributed by atoms with Gasteiger partial charge in [-0.3, -0.25) is 4.79 Å². The summed E-state index contributed by atoms with van der Waals surface area (Å²) in [6.07, 6.45) is 53.1. The number of carbonyl (C=O) groups excluding carboxylic acids is 2. The molecule has 2 bridgehead atoms. The van der Waals surface area contributed by atoms with Crippen molar-refractivity contribution in [1.82, 2.24) is 0 Å². The smallest absolute Gasteiger partial charge is 0.339 e. The summed E-state index contributed by atoms with van der Waals surface area (Å²) in [6.45, 7) is 5.45. The third-order valence-corrected chi connectivity index (χ3v) is 12.9. The van der Waals surface area contributed by atoms with Crippen LogP contribution in [0.3, 0.4) is 0 Å². The van der Waals surface area contributed by atoms with Gasteiger partial charge in [-0.15, -0.1) is 0 Å². The number of hydrogen-bond acceptors (Lipinski definition) is 5. The van der Waals surface area contributed by atoms with Gasteiger partial charge >= 0.3 is 11.9 Å². The number of ether oxygens (including phenoxy) is 3. The molecule has 3 unspecified atom stereocenters. The van der Waals surface area contributed by atoms with E-state index in [0.29, 0.717) is 26.1 Å². The highest BCUT2D eigenvalue weighted by Gasteiger charge is 2.62. The summed E-state index contributed by atoms with van der Waals surface area (Å²) < 4.78 is 17.6. The third-order valence-electron chi connectivity index (χ3n) is 12.9. The Morgan fingerprint density at radius 3 is 1.04 bits per heavy atom. The van der Waals surface area contributed by atoms with Crippen LogP contribution in [0.1, 0.15) is 277 Å². The first-order valence-electron chi connectivity index (χ1n) is 25.2. The first kappa shape index (κ1) is 50.0. The van der Waals surface area contributed by atoms with E-state index in [9.17, 15) is 9.59 Å². The van der Waals surface area contributed by atoms with Crippen LogP contribution in [0.15, 0.2) is 0 Å². The molecule has 0 N–H and O–H groups in total. The molecule has 2 saturated heterocycles. The van der Waals surface area contributed by atoms with E-state index in [1.807, 2.05) is 0 Å². The highest BCUT2D eigenvalue weighted by atomic mass is 16.6. The first-order valence-corrected chi connectivity index (χ1v) is 25.2. The molecule has 2 rings (SSSR count). The van der Waals surface area contributed by atoms with Crippen LogP contribution in [0.5, 0.6) is 0 Å². The number of rotatable bonds is 42. The van der Waals surface area contributed by atoms with E-state index in [2.05, 4.69) is 13.8 Å². The van der Waals surface area contributed by atoms with E-state index in [4.69, 9.17) is 14.2 Å². The Bertz CT molecular complexity index is 874. The molecule has 0 aliphatic carbocycles. The van der Waals surface area contributed by atoms with Crippen LogP contribution in [0.25, 0.3) is 0 Å². The van der Waals surface area contributed by atoms with Crippen molar-refractivity contribution in [2.45, 2.75) is 289 Å². The minimum atomic E-state index is -1.11. The monoisotopic (exact) mass is 775 g/mol. The molecule has 5 heteroatoms. The lowest BCUT2D eigenvalue weighted by molar-refractivity contribution is -0.176. The molecule has 2 heterocycles. The number of esters is 2. The number of carbonyl (C=O) groups is 2. The lowest BCUT2D eigenvalue weighted by atomic mass is 9.78. The highest BCUT2D eigenvalue weighted by molar-refractivity contribution is 5.89. The largest absolute Gasteiger partial charge is 0.465 e. The Labute approximate surface area is 342 Å². The van der Waals surface area contributed by atoms with Crippen molar-refractivity contribution in [3.63, 3.8) is 0 Å². The molecule has 0 aromatic carbocycles. The van der Waals surface area contributed by atoms with Crippen molar-refractivity contribution in [3.05, 3.63) is 0 Å². The Kier molecular flexibility index (Phi) is 32.8. The molecule has 0 radical (unpaired) electrons. The molecule has 0 amide bonds. The second-order valence-electron chi connectivity index (χ2n) is 18.0. The second kappa shape index (κ2) is 36.0. The Hall–Kier alpha value is -1.10. The van der Waals surface area contributed by atoms with Crippen molar-refractivity contribution in [3.8, 4) is 0 Å². The van der Waals surface area contributed by atoms with Crippen molar-refractivity contribution in [2.24, 2.45) is 5.92 Å². The Morgan fingerprint density at radius 1 is 0.436 bits per heavy atom. The zero-order valence-electron chi connectivity index (χ0n) is 37.1. The van der Waals surface area contributed by atoms with Gasteiger partial charge in [0.2, 0.25) is 0 Å². The molecular weight excluding hydrogens is 681 g/mol. The van der Waals surface area contributed by atoms with E-state index in [0.717, 1.165) is 32.1 Å². The van der Waals surface area contributed by atoms with Crippen LogP contribution in [0, 0.1) is 5.92 Å². The summed E-state index contributed by atoms with van der Waals surface area (Å²) in [4.78, 5) is 26.3. The maximum Gasteiger partial charge on any atom is 0.339 e. The molecule has 3 atom stereocenters. The molecule has 0 spiro atoms. The predicted molar refractivity (Wildman–Crippen MR) is 234 cm³/mol. The summed E-state index contributed by atoms with van der Waals surface area (Å²) in [5, 5.41) is 0. The van der Waals surface area contributed by atoms with Crippen molar-refractivity contribution >= 4 is 11.9 Å². The molecule has 0 aromatic heterocycles. The van der Waals surface area contributed by atoms with Gasteiger partial charge in [-0.2, -0.15) is 0 Å². The molecular formula is C50H94O5. The summed E-state index contributed by atoms with van der Waals surface area (Å²) in [5.74, 6) is -1.10. The topological polar surface area (TPSA) is 61.8 Å². The fraction of sp³-hybridized carbons (Fsp3) is 0.960. The maximum atomic E-state index is 13.2. The molecule has 2 fully saturated rings. The Balaban J connectivity index is 1.36. The molecule has 2 aliphatic rings. The molecule has 55 heavy (non-hydrogen) atoms. The van der Waals surface area contributed by atoms with Gasteiger partial charge in [0.25, 0.3) is 0 Å². The Morgan fingerprint density at radius 2 is 0.727 bits per heavy atom. The minimum Gasteiger partial charge on any atom is -0.465 e. The highest BCUT2D eigenvalue weighted by Crippen LogP contribution is 2.49. The zero-order chi connectivity index (χ0) is 39.3. The SMILES string of the molecule is CCCCCCCCCCCCCCCCCCCCCOC(=O)C1CC2CCC1(C(=O)OCCCCCCCCCCCCCCCCCCCCC)O2. The molecule has 0 saturated carbocycles. The second-order valence-corrected chi connectivity index (χ2v) is 18.0. The summed E-state index contributed by atoms with van der Waals surface area (Å²) in [5.41, 5.74) is -1.11. The van der Waals surface area contributed by atoms with Crippen molar-refractivity contribution < 1.29 is 23.8 Å². The lowest BCUT2D eigenvalue weighted by Crippen LogP contribution is -2.47. The van der Waals surface area contributed by atoms with Gasteiger partial charge in [0.05, 0.1) is 25.2 Å². The average Bonchev–Trinajstić information content (AvgIpc) is 3.80. The normalized spacial score (nSPS) is 19.0. The van der Waals surface area contributed by atoms with Crippen LogP contribution in [-0.4, -0.2) is 36.9 Å². The van der Waals surface area contributed by atoms with E-state index in [1.54, 1.807) is 0 Å². The van der Waals surface area contributed by atoms with Gasteiger partial charge in [0.1, 0.15) is 0 Å². The number of fused-ring (bicyclic) bond motifs is 2. The lowest BCUT2D eigenvalue weighted by Gasteiger charge is -2.29. The van der Waals surface area contributed by atoms with Gasteiger partial charge in [-0.25, -0.2) is 4.79 Å². The molecule has 5 nitrogen and oxygen atoms in total. The van der Waals surface area contributed by atoms with E-state index in [-0.39, 0.29) is 18.0 Å². The van der Waals surface area contributed by atoms with Crippen LogP contribution >= 0.6 is 0 Å². The standard InChI is InChI=1S/C50H94O5/c1-3-5-7-9-11-13-15-17-19-21-23-25-27-29-31-33-35-37-39-43-53-48(51)47-45-46-41-42-50(47,55-46)49(52)54-44-40-38-36-34-32-30-28-26-24-22-20-18-16-14-12-10-8-6-4-2/h46-47H,3-45H2,1-2H3. The number of hydrogen-bond donors (Lipinski definition) is 0. The first-order chi connectivity index (χ1) is 27.1. The van der Waals surface area contributed by atoms with Crippen LogP contribution in [-0.2, 0) is 23.8 Å². The van der Waals surface area contributed by atoms with Crippen molar-refractivity contribution in [2.75, 3.05) is 13.2 Å². The van der Waals surface area contributed by atoms with Crippen molar-refractivity contribution in [1.29, 1.82) is 0 Å². The quantitative estimate of drug-likeness (QED) is 0.0456. The van der Waals surface area contributed by atoms with Gasteiger partial charge in [0, 0.05) is 0 Å². The molecule has 0 aromatic rings. The average molecular weight is 775 g/mol. The summed E-state index contributed by atoms with van der Waals surface area (Å²) in [7, 11) is 0. The summed E-state index contributed by atoms with van der Waals surface area (Å²) >= 11 is 0. The molecule has 2 aliphatic heterocycles. The maximum absolute atomic E-state index is 13.2. The van der Waals surface area contributed by atoms with Crippen LogP contribution in [0.4, 0.5) is 0 Å². The van der Waals surface area contributed by atoms with Crippen LogP contribution in [0.2, 0.25) is 0 Å².